The zero-order chi connectivity index (χ0) is 9.84. The molecular formula is C7H6N2O3S. The van der Waals surface area contributed by atoms with Gasteiger partial charge in [-0.15, -0.1) is 0 Å². The molecule has 0 unspecified atom stereocenters. The molecule has 0 spiro atoms. The molecule has 0 aliphatic carbocycles. The standard InChI is InChI=1S/C7H6N2O3S/c8-7(13)12-6-3-1-2-5(4-6)9(10)11/h1-4H,(H2,8,13). The fraction of sp³-hybridized carbons (Fsp3) is 0. The summed E-state index contributed by atoms with van der Waals surface area (Å²) in [6, 6.07) is 5.63. The zero-order valence-electron chi connectivity index (χ0n) is 6.47. The lowest BCUT2D eigenvalue weighted by molar-refractivity contribution is -0.384. The second kappa shape index (κ2) is 3.81. The predicted octanol–water partition coefficient (Wildman–Crippen LogP) is 1.22. The summed E-state index contributed by atoms with van der Waals surface area (Å²) in [4.78, 5) is 9.80. The quantitative estimate of drug-likeness (QED) is 0.439. The molecule has 5 nitrogen and oxygen atoms in total. The summed E-state index contributed by atoms with van der Waals surface area (Å²) in [5.74, 6) is 0.265. The van der Waals surface area contributed by atoms with E-state index >= 15 is 0 Å². The number of thiocarbonyl (C=S) groups is 1. The SMILES string of the molecule is NC(=S)Oc1cccc([N+](=O)[O-])c1. The van der Waals surface area contributed by atoms with Crippen LogP contribution in [0.4, 0.5) is 5.69 Å². The van der Waals surface area contributed by atoms with E-state index in [1.165, 1.54) is 24.3 Å². The average molecular weight is 198 g/mol. The van der Waals surface area contributed by atoms with Crippen molar-refractivity contribution >= 4 is 23.1 Å². The van der Waals surface area contributed by atoms with Gasteiger partial charge in [-0.25, -0.2) is 0 Å². The number of rotatable bonds is 2. The summed E-state index contributed by atoms with van der Waals surface area (Å²) < 4.78 is 4.81. The first-order valence-electron chi connectivity index (χ1n) is 3.31. The van der Waals surface area contributed by atoms with Crippen LogP contribution in [0.3, 0.4) is 0 Å². The molecule has 0 radical (unpaired) electrons. The molecule has 1 aromatic rings. The Morgan fingerprint density at radius 2 is 2.31 bits per heavy atom. The van der Waals surface area contributed by atoms with Gasteiger partial charge in [0, 0.05) is 6.07 Å². The third-order valence-electron chi connectivity index (χ3n) is 1.25. The van der Waals surface area contributed by atoms with Gasteiger partial charge in [-0.2, -0.15) is 0 Å². The first kappa shape index (κ1) is 9.40. The molecule has 68 valence electrons. The molecule has 0 fully saturated rings. The Morgan fingerprint density at radius 1 is 1.62 bits per heavy atom. The fourth-order valence-electron chi connectivity index (χ4n) is 0.777. The third-order valence-corrected chi connectivity index (χ3v) is 1.33. The summed E-state index contributed by atoms with van der Waals surface area (Å²) in [7, 11) is 0. The number of benzene rings is 1. The number of non-ortho nitro benzene ring substituents is 1. The van der Waals surface area contributed by atoms with Crippen LogP contribution >= 0.6 is 12.2 Å². The van der Waals surface area contributed by atoms with Crippen LogP contribution in [-0.4, -0.2) is 10.1 Å². The third kappa shape index (κ3) is 2.68. The molecule has 1 aromatic carbocycles. The molecule has 0 heterocycles. The maximum atomic E-state index is 10.3. The first-order valence-corrected chi connectivity index (χ1v) is 3.72. The van der Waals surface area contributed by atoms with E-state index in [2.05, 4.69) is 12.2 Å². The summed E-state index contributed by atoms with van der Waals surface area (Å²) in [6.45, 7) is 0. The van der Waals surface area contributed by atoms with E-state index in [1.807, 2.05) is 0 Å². The van der Waals surface area contributed by atoms with Crippen molar-refractivity contribution in [3.8, 4) is 5.75 Å². The van der Waals surface area contributed by atoms with Crippen molar-refractivity contribution in [1.82, 2.24) is 0 Å². The van der Waals surface area contributed by atoms with Gasteiger partial charge in [-0.05, 0) is 18.3 Å². The monoisotopic (exact) mass is 198 g/mol. The molecule has 0 aromatic heterocycles. The predicted molar refractivity (Wildman–Crippen MR) is 50.5 cm³/mol. The summed E-state index contributed by atoms with van der Waals surface area (Å²) in [5.41, 5.74) is 5.03. The first-order chi connectivity index (χ1) is 6.09. The number of ether oxygens (including phenoxy) is 1. The molecule has 0 atom stereocenters. The Kier molecular flexibility index (Phi) is 2.76. The Balaban J connectivity index is 2.91. The van der Waals surface area contributed by atoms with Crippen molar-refractivity contribution < 1.29 is 9.66 Å². The second-order valence-corrected chi connectivity index (χ2v) is 2.58. The van der Waals surface area contributed by atoms with Crippen LogP contribution in [0, 0.1) is 10.1 Å². The maximum Gasteiger partial charge on any atom is 0.273 e. The van der Waals surface area contributed by atoms with Crippen LogP contribution in [0.25, 0.3) is 0 Å². The molecule has 2 N–H and O–H groups in total. The van der Waals surface area contributed by atoms with E-state index in [0.29, 0.717) is 0 Å². The largest absolute Gasteiger partial charge is 0.432 e. The van der Waals surface area contributed by atoms with Gasteiger partial charge in [0.1, 0.15) is 5.75 Å². The van der Waals surface area contributed by atoms with Gasteiger partial charge in [0.2, 0.25) is 0 Å². The number of nitrogens with two attached hydrogens (primary N) is 1. The van der Waals surface area contributed by atoms with Crippen molar-refractivity contribution in [3.05, 3.63) is 34.4 Å². The van der Waals surface area contributed by atoms with E-state index in [0.717, 1.165) is 0 Å². The molecular weight excluding hydrogens is 192 g/mol. The van der Waals surface area contributed by atoms with Crippen molar-refractivity contribution in [1.29, 1.82) is 0 Å². The number of hydrogen-bond acceptors (Lipinski definition) is 4. The van der Waals surface area contributed by atoms with Crippen LogP contribution in [0.2, 0.25) is 0 Å². The summed E-state index contributed by atoms with van der Waals surface area (Å²) >= 11 is 4.47. The van der Waals surface area contributed by atoms with Crippen molar-refractivity contribution in [3.63, 3.8) is 0 Å². The Morgan fingerprint density at radius 3 is 2.85 bits per heavy atom. The molecule has 6 heteroatoms. The summed E-state index contributed by atoms with van der Waals surface area (Å²) in [6.07, 6.45) is 0. The molecule has 0 saturated carbocycles. The van der Waals surface area contributed by atoms with Gasteiger partial charge in [-0.3, -0.25) is 10.1 Å². The molecule has 0 saturated heterocycles. The highest BCUT2D eigenvalue weighted by Gasteiger charge is 2.06. The molecule has 0 amide bonds. The Labute approximate surface area is 79.3 Å². The van der Waals surface area contributed by atoms with Crippen LogP contribution in [-0.2, 0) is 0 Å². The average Bonchev–Trinajstić information content (AvgIpc) is 2.03. The maximum absolute atomic E-state index is 10.3. The lowest BCUT2D eigenvalue weighted by Crippen LogP contribution is -2.15. The van der Waals surface area contributed by atoms with Gasteiger partial charge >= 0.3 is 0 Å². The highest BCUT2D eigenvalue weighted by molar-refractivity contribution is 7.80. The second-order valence-electron chi connectivity index (χ2n) is 2.18. The fourth-order valence-corrected chi connectivity index (χ4v) is 0.873. The van der Waals surface area contributed by atoms with Crippen LogP contribution in [0.5, 0.6) is 5.75 Å². The van der Waals surface area contributed by atoms with E-state index in [4.69, 9.17) is 10.5 Å². The van der Waals surface area contributed by atoms with Crippen LogP contribution in [0.15, 0.2) is 24.3 Å². The molecule has 0 aliphatic rings. The Hall–Kier alpha value is -1.69. The van der Waals surface area contributed by atoms with E-state index in [1.54, 1.807) is 0 Å². The number of nitro benzene ring substituents is 1. The van der Waals surface area contributed by atoms with Gasteiger partial charge in [0.05, 0.1) is 11.0 Å². The number of nitrogens with zero attached hydrogens (tertiary/aromatic N) is 1. The molecule has 1 rings (SSSR count). The van der Waals surface area contributed by atoms with Crippen LogP contribution in [0.1, 0.15) is 0 Å². The molecule has 0 aliphatic heterocycles. The van der Waals surface area contributed by atoms with Crippen LogP contribution < -0.4 is 10.5 Å². The number of hydrogen-bond donors (Lipinski definition) is 1. The number of nitro groups is 1. The van der Waals surface area contributed by atoms with Gasteiger partial charge in [-0.1, -0.05) is 6.07 Å². The van der Waals surface area contributed by atoms with Crippen molar-refractivity contribution in [2.75, 3.05) is 0 Å². The highest BCUT2D eigenvalue weighted by Crippen LogP contribution is 2.18. The summed E-state index contributed by atoms with van der Waals surface area (Å²) in [5, 5.41) is 10.2. The van der Waals surface area contributed by atoms with E-state index in [-0.39, 0.29) is 16.6 Å². The minimum absolute atomic E-state index is 0.0613. The zero-order valence-corrected chi connectivity index (χ0v) is 7.28. The van der Waals surface area contributed by atoms with Gasteiger partial charge < -0.3 is 10.5 Å². The molecule has 13 heavy (non-hydrogen) atoms. The minimum Gasteiger partial charge on any atom is -0.432 e. The topological polar surface area (TPSA) is 78.4 Å². The van der Waals surface area contributed by atoms with Gasteiger partial charge in [0.25, 0.3) is 10.9 Å². The van der Waals surface area contributed by atoms with E-state index < -0.39 is 4.92 Å². The van der Waals surface area contributed by atoms with E-state index in [9.17, 15) is 10.1 Å². The van der Waals surface area contributed by atoms with Crippen molar-refractivity contribution in [2.45, 2.75) is 0 Å². The lowest BCUT2D eigenvalue weighted by Gasteiger charge is -2.00. The normalized spacial score (nSPS) is 9.23. The smallest absolute Gasteiger partial charge is 0.273 e. The Bertz CT molecular complexity index is 353. The highest BCUT2D eigenvalue weighted by atomic mass is 32.1. The lowest BCUT2D eigenvalue weighted by atomic mass is 10.3. The van der Waals surface area contributed by atoms with Crippen molar-refractivity contribution in [2.24, 2.45) is 5.73 Å². The molecule has 0 bridgehead atoms. The van der Waals surface area contributed by atoms with Gasteiger partial charge in [0.15, 0.2) is 0 Å². The minimum atomic E-state index is -0.521.